The Labute approximate surface area is 111 Å². The molecule has 0 spiro atoms. The zero-order valence-electron chi connectivity index (χ0n) is 10.3. The van der Waals surface area contributed by atoms with Gasteiger partial charge in [0.15, 0.2) is 0 Å². The molecule has 2 aromatic carbocycles. The van der Waals surface area contributed by atoms with Gasteiger partial charge < -0.3 is 5.11 Å². The summed E-state index contributed by atoms with van der Waals surface area (Å²) in [6, 6.07) is 18.2. The van der Waals surface area contributed by atoms with Gasteiger partial charge in [-0.2, -0.15) is 0 Å². The Morgan fingerprint density at radius 3 is 1.63 bits per heavy atom. The Morgan fingerprint density at radius 2 is 1.26 bits per heavy atom. The molecule has 0 bridgehead atoms. The fourth-order valence-electron chi connectivity index (χ4n) is 2.03. The van der Waals surface area contributed by atoms with Gasteiger partial charge >= 0.3 is 0 Å². The molecule has 0 radical (unpaired) electrons. The number of ketones is 2. The van der Waals surface area contributed by atoms with Gasteiger partial charge in [0, 0.05) is 0 Å². The molecule has 0 aliphatic carbocycles. The predicted octanol–water partition coefficient (Wildman–Crippen LogP) is 1.95. The highest BCUT2D eigenvalue weighted by atomic mass is 16.3. The van der Waals surface area contributed by atoms with Gasteiger partial charge in [0.1, 0.15) is 6.61 Å². The lowest BCUT2D eigenvalue weighted by atomic mass is 9.86. The molecule has 1 N–H and O–H groups in total. The summed E-state index contributed by atoms with van der Waals surface area (Å²) in [5.41, 5.74) is 1.50. The van der Waals surface area contributed by atoms with E-state index in [1.165, 1.54) is 0 Å². The molecule has 0 aliphatic heterocycles. The lowest BCUT2D eigenvalue weighted by molar-refractivity contribution is -0.138. The van der Waals surface area contributed by atoms with Crippen LogP contribution in [0.3, 0.4) is 0 Å². The van der Waals surface area contributed by atoms with Gasteiger partial charge in [-0.05, 0) is 11.1 Å². The third-order valence-corrected chi connectivity index (χ3v) is 2.95. The average Bonchev–Trinajstić information content (AvgIpc) is 2.49. The van der Waals surface area contributed by atoms with Crippen LogP contribution in [0.25, 0.3) is 0 Å². The highest BCUT2D eigenvalue weighted by molar-refractivity contribution is 6.40. The van der Waals surface area contributed by atoms with Gasteiger partial charge in [-0.15, -0.1) is 0 Å². The smallest absolute Gasteiger partial charge is 0.224 e. The second kappa shape index (κ2) is 6.07. The maximum Gasteiger partial charge on any atom is 0.224 e. The molecule has 0 saturated carbocycles. The number of carbonyl (C=O) groups is 2. The van der Waals surface area contributed by atoms with E-state index in [1.54, 1.807) is 24.3 Å². The maximum atomic E-state index is 12.2. The van der Waals surface area contributed by atoms with Crippen molar-refractivity contribution in [2.24, 2.45) is 0 Å². The fourth-order valence-corrected chi connectivity index (χ4v) is 2.03. The first-order valence-electron chi connectivity index (χ1n) is 6.02. The van der Waals surface area contributed by atoms with Crippen molar-refractivity contribution < 1.29 is 14.7 Å². The fraction of sp³-hybridized carbons (Fsp3) is 0.125. The molecule has 0 amide bonds. The monoisotopic (exact) mass is 254 g/mol. The van der Waals surface area contributed by atoms with E-state index in [4.69, 9.17) is 5.11 Å². The van der Waals surface area contributed by atoms with Crippen LogP contribution in [0.2, 0.25) is 0 Å². The van der Waals surface area contributed by atoms with E-state index in [0.717, 1.165) is 11.1 Å². The van der Waals surface area contributed by atoms with E-state index < -0.39 is 24.1 Å². The van der Waals surface area contributed by atoms with Gasteiger partial charge in [-0.3, -0.25) is 9.59 Å². The second-order valence-corrected chi connectivity index (χ2v) is 4.20. The van der Waals surface area contributed by atoms with E-state index >= 15 is 0 Å². The molecular weight excluding hydrogens is 240 g/mol. The van der Waals surface area contributed by atoms with Gasteiger partial charge in [-0.25, -0.2) is 0 Å². The second-order valence-electron chi connectivity index (χ2n) is 4.20. The van der Waals surface area contributed by atoms with Crippen molar-refractivity contribution in [1.29, 1.82) is 0 Å². The molecular formula is C16H14O3. The highest BCUT2D eigenvalue weighted by Gasteiger charge is 2.27. The summed E-state index contributed by atoms with van der Waals surface area (Å²) in [4.78, 5) is 23.7. The van der Waals surface area contributed by atoms with E-state index in [0.29, 0.717) is 0 Å². The van der Waals surface area contributed by atoms with Crippen molar-refractivity contribution in [1.82, 2.24) is 0 Å². The molecule has 3 heteroatoms. The molecule has 0 aromatic heterocycles. The number of Topliss-reactive ketones (excluding diaryl/α,β-unsaturated/α-hetero) is 2. The van der Waals surface area contributed by atoms with Gasteiger partial charge in [0.25, 0.3) is 0 Å². The zero-order chi connectivity index (χ0) is 13.7. The van der Waals surface area contributed by atoms with Crippen LogP contribution in [0.4, 0.5) is 0 Å². The van der Waals surface area contributed by atoms with E-state index in [-0.39, 0.29) is 0 Å². The topological polar surface area (TPSA) is 54.4 Å². The maximum absolute atomic E-state index is 12.2. The summed E-state index contributed by atoms with van der Waals surface area (Å²) >= 11 is 0. The van der Waals surface area contributed by atoms with Crippen LogP contribution in [0, 0.1) is 0 Å². The third kappa shape index (κ3) is 2.95. The predicted molar refractivity (Wildman–Crippen MR) is 71.8 cm³/mol. The highest BCUT2D eigenvalue weighted by Crippen LogP contribution is 2.25. The lowest BCUT2D eigenvalue weighted by Gasteiger charge is -2.15. The minimum absolute atomic E-state index is 0.583. The minimum Gasteiger partial charge on any atom is -0.388 e. The zero-order valence-corrected chi connectivity index (χ0v) is 10.3. The third-order valence-electron chi connectivity index (χ3n) is 2.95. The van der Waals surface area contributed by atoms with Crippen LogP contribution in [-0.2, 0) is 9.59 Å². The Morgan fingerprint density at radius 1 is 0.842 bits per heavy atom. The molecule has 0 atom stereocenters. The number of rotatable bonds is 5. The molecule has 2 aromatic rings. The quantitative estimate of drug-likeness (QED) is 0.830. The number of benzene rings is 2. The number of hydrogen-bond donors (Lipinski definition) is 1. The first-order chi connectivity index (χ1) is 9.24. The van der Waals surface area contributed by atoms with Crippen LogP contribution in [0.15, 0.2) is 60.7 Å². The van der Waals surface area contributed by atoms with Crippen molar-refractivity contribution in [2.45, 2.75) is 5.92 Å². The van der Waals surface area contributed by atoms with Gasteiger partial charge in [0.2, 0.25) is 11.6 Å². The Hall–Kier alpha value is -2.26. The van der Waals surface area contributed by atoms with E-state index in [9.17, 15) is 9.59 Å². The van der Waals surface area contributed by atoms with Gasteiger partial charge in [0.05, 0.1) is 5.92 Å². The lowest BCUT2D eigenvalue weighted by Crippen LogP contribution is -2.25. The summed E-state index contributed by atoms with van der Waals surface area (Å²) < 4.78 is 0. The molecule has 0 heterocycles. The molecule has 0 fully saturated rings. The first-order valence-corrected chi connectivity index (χ1v) is 6.02. The Bertz CT molecular complexity index is 522. The summed E-state index contributed by atoms with van der Waals surface area (Å²) in [5.74, 6) is -2.00. The van der Waals surface area contributed by atoms with E-state index in [2.05, 4.69) is 0 Å². The molecule has 0 unspecified atom stereocenters. The van der Waals surface area contributed by atoms with Crippen molar-refractivity contribution >= 4 is 11.6 Å². The number of aliphatic hydroxyl groups is 1. The Balaban J connectivity index is 2.46. The van der Waals surface area contributed by atoms with Crippen LogP contribution < -0.4 is 0 Å². The minimum atomic E-state index is -0.766. The van der Waals surface area contributed by atoms with Crippen molar-refractivity contribution in [2.75, 3.05) is 6.61 Å². The van der Waals surface area contributed by atoms with Crippen LogP contribution in [0.5, 0.6) is 0 Å². The molecule has 3 nitrogen and oxygen atoms in total. The van der Waals surface area contributed by atoms with Gasteiger partial charge in [-0.1, -0.05) is 60.7 Å². The molecule has 0 aliphatic rings. The Kier molecular flexibility index (Phi) is 4.21. The first kappa shape index (κ1) is 13.2. The molecule has 19 heavy (non-hydrogen) atoms. The van der Waals surface area contributed by atoms with Crippen molar-refractivity contribution in [3.63, 3.8) is 0 Å². The number of aliphatic hydroxyl groups excluding tert-OH is 1. The van der Waals surface area contributed by atoms with Crippen LogP contribution in [-0.4, -0.2) is 23.3 Å². The summed E-state index contributed by atoms with van der Waals surface area (Å²) in [6.45, 7) is -0.755. The number of hydrogen-bond acceptors (Lipinski definition) is 3. The van der Waals surface area contributed by atoms with Crippen molar-refractivity contribution in [3.05, 3.63) is 71.8 Å². The SMILES string of the molecule is O=C(CO)C(=O)C(c1ccccc1)c1ccccc1. The summed E-state index contributed by atoms with van der Waals surface area (Å²) in [6.07, 6.45) is 0. The molecule has 0 saturated heterocycles. The number of carbonyl (C=O) groups excluding carboxylic acids is 2. The van der Waals surface area contributed by atoms with Crippen LogP contribution in [0.1, 0.15) is 17.0 Å². The molecule has 2 rings (SSSR count). The summed E-state index contributed by atoms with van der Waals surface area (Å²) in [7, 11) is 0. The summed E-state index contributed by atoms with van der Waals surface area (Å²) in [5, 5.41) is 8.88. The standard InChI is InChI=1S/C16H14O3/c17-11-14(18)16(19)15(12-7-3-1-4-8-12)13-9-5-2-6-10-13/h1-10,15,17H,11H2. The largest absolute Gasteiger partial charge is 0.388 e. The molecule has 96 valence electrons. The average molecular weight is 254 g/mol. The van der Waals surface area contributed by atoms with Crippen LogP contribution >= 0.6 is 0 Å². The normalized spacial score (nSPS) is 10.4. The van der Waals surface area contributed by atoms with E-state index in [1.807, 2.05) is 36.4 Å². The van der Waals surface area contributed by atoms with Crippen molar-refractivity contribution in [3.8, 4) is 0 Å².